The minimum atomic E-state index is -0.144. The van der Waals surface area contributed by atoms with E-state index in [-0.39, 0.29) is 23.7 Å². The molecule has 4 rings (SSSR count). The summed E-state index contributed by atoms with van der Waals surface area (Å²) in [6, 6.07) is 17.3. The van der Waals surface area contributed by atoms with Crippen LogP contribution in [0.15, 0.2) is 54.6 Å². The van der Waals surface area contributed by atoms with Gasteiger partial charge in [-0.3, -0.25) is 9.59 Å². The third-order valence-electron chi connectivity index (χ3n) is 6.33. The first-order valence-electron chi connectivity index (χ1n) is 12.0. The second kappa shape index (κ2) is 10.6. The average Bonchev–Trinajstić information content (AvgIpc) is 3.20. The zero-order valence-corrected chi connectivity index (χ0v) is 20.7. The average molecular weight is 476 g/mol. The number of nitrogens with one attached hydrogen (secondary N) is 2. The number of aryl methyl sites for hydroxylation is 1. The zero-order valence-electron chi connectivity index (χ0n) is 20.7. The quantitative estimate of drug-likeness (QED) is 0.520. The number of amides is 2. The van der Waals surface area contributed by atoms with Crippen molar-refractivity contribution in [2.75, 3.05) is 35.7 Å². The van der Waals surface area contributed by atoms with Gasteiger partial charge in [0.1, 0.15) is 11.4 Å². The highest BCUT2D eigenvalue weighted by Gasteiger charge is 2.30. The van der Waals surface area contributed by atoms with Crippen LogP contribution in [0.1, 0.15) is 32.4 Å². The monoisotopic (exact) mass is 475 g/mol. The van der Waals surface area contributed by atoms with Crippen LogP contribution in [-0.2, 0) is 9.59 Å². The Morgan fingerprint density at radius 2 is 1.66 bits per heavy atom. The number of hydrogen-bond acceptors (Lipinski definition) is 5. The number of ether oxygens (including phenoxy) is 1. The first-order chi connectivity index (χ1) is 16.9. The zero-order chi connectivity index (χ0) is 24.9. The van der Waals surface area contributed by atoms with Gasteiger partial charge in [0.2, 0.25) is 11.8 Å². The number of carbonyl (C=O) groups excluding carboxylic acids is 2. The van der Waals surface area contributed by atoms with Gasteiger partial charge in [0.05, 0.1) is 18.5 Å². The molecule has 2 amide bonds. The number of hydrogen-bond donors (Lipinski definition) is 2. The molecule has 2 aromatic carbocycles. The minimum absolute atomic E-state index is 0.0240. The fourth-order valence-corrected chi connectivity index (χ4v) is 4.24. The van der Waals surface area contributed by atoms with Crippen molar-refractivity contribution in [2.45, 2.75) is 33.6 Å². The molecule has 1 aromatic heterocycles. The normalized spacial score (nSPS) is 14.1. The molecule has 0 radical (unpaired) electrons. The van der Waals surface area contributed by atoms with E-state index in [2.05, 4.69) is 15.5 Å². The standard InChI is InChI=1S/C27H33N5O3/c1-18(2)25(33)29-24-19(3)30-32(22-8-6-5-7-9-22)27(24)31-16-14-20(15-17-31)26(34)28-21-10-12-23(35-4)13-11-21/h5-13,18,20H,14-17H2,1-4H3,(H,28,34)(H,29,33). The second-order valence-corrected chi connectivity index (χ2v) is 9.15. The number of aromatic nitrogens is 2. The fourth-order valence-electron chi connectivity index (χ4n) is 4.24. The molecule has 1 aliphatic heterocycles. The van der Waals surface area contributed by atoms with Crippen molar-refractivity contribution in [3.05, 3.63) is 60.3 Å². The Morgan fingerprint density at radius 3 is 2.26 bits per heavy atom. The third kappa shape index (κ3) is 5.48. The number of piperidine rings is 1. The second-order valence-electron chi connectivity index (χ2n) is 9.15. The van der Waals surface area contributed by atoms with E-state index in [0.717, 1.165) is 34.3 Å². The smallest absolute Gasteiger partial charge is 0.227 e. The molecular formula is C27H33N5O3. The fraction of sp³-hybridized carbons (Fsp3) is 0.370. The van der Waals surface area contributed by atoms with Crippen LogP contribution >= 0.6 is 0 Å². The summed E-state index contributed by atoms with van der Waals surface area (Å²) in [6.07, 6.45) is 1.41. The molecule has 1 saturated heterocycles. The van der Waals surface area contributed by atoms with Crippen molar-refractivity contribution < 1.29 is 14.3 Å². The van der Waals surface area contributed by atoms with Crippen LogP contribution in [0, 0.1) is 18.8 Å². The number of carbonyl (C=O) groups is 2. The van der Waals surface area contributed by atoms with Crippen LogP contribution in [0.5, 0.6) is 5.75 Å². The summed E-state index contributed by atoms with van der Waals surface area (Å²) in [5.74, 6) is 1.36. The van der Waals surface area contributed by atoms with Crippen molar-refractivity contribution >= 4 is 29.0 Å². The molecule has 184 valence electrons. The lowest BCUT2D eigenvalue weighted by Crippen LogP contribution is -2.39. The van der Waals surface area contributed by atoms with Crippen molar-refractivity contribution in [1.29, 1.82) is 0 Å². The molecule has 3 aromatic rings. The lowest BCUT2D eigenvalue weighted by atomic mass is 9.95. The van der Waals surface area contributed by atoms with Gasteiger partial charge in [-0.25, -0.2) is 4.68 Å². The predicted molar refractivity (Wildman–Crippen MR) is 138 cm³/mol. The van der Waals surface area contributed by atoms with Gasteiger partial charge in [-0.15, -0.1) is 0 Å². The van der Waals surface area contributed by atoms with Gasteiger partial charge in [-0.05, 0) is 56.2 Å². The predicted octanol–water partition coefficient (Wildman–Crippen LogP) is 4.64. The topological polar surface area (TPSA) is 88.5 Å². The van der Waals surface area contributed by atoms with Gasteiger partial charge in [-0.2, -0.15) is 5.10 Å². The molecule has 1 fully saturated rings. The maximum atomic E-state index is 12.9. The molecule has 0 atom stereocenters. The van der Waals surface area contributed by atoms with Gasteiger partial charge >= 0.3 is 0 Å². The Balaban J connectivity index is 1.52. The maximum absolute atomic E-state index is 12.9. The molecule has 8 heteroatoms. The molecule has 0 spiro atoms. The van der Waals surface area contributed by atoms with Crippen LogP contribution in [0.4, 0.5) is 17.2 Å². The summed E-state index contributed by atoms with van der Waals surface area (Å²) in [4.78, 5) is 27.7. The van der Waals surface area contributed by atoms with Gasteiger partial charge in [0, 0.05) is 30.6 Å². The van der Waals surface area contributed by atoms with Crippen molar-refractivity contribution in [2.24, 2.45) is 11.8 Å². The summed E-state index contributed by atoms with van der Waals surface area (Å²) in [7, 11) is 1.62. The van der Waals surface area contributed by atoms with Crippen LogP contribution < -0.4 is 20.3 Å². The number of nitrogens with zero attached hydrogens (tertiary/aromatic N) is 3. The first-order valence-corrected chi connectivity index (χ1v) is 12.0. The maximum Gasteiger partial charge on any atom is 0.227 e. The number of anilines is 3. The summed E-state index contributed by atoms with van der Waals surface area (Å²) < 4.78 is 7.07. The van der Waals surface area contributed by atoms with Gasteiger partial charge in [-0.1, -0.05) is 32.0 Å². The van der Waals surface area contributed by atoms with E-state index in [1.54, 1.807) is 7.11 Å². The van der Waals surface area contributed by atoms with E-state index in [1.165, 1.54) is 0 Å². The Bertz CT molecular complexity index is 1160. The summed E-state index contributed by atoms with van der Waals surface area (Å²) >= 11 is 0. The van der Waals surface area contributed by atoms with E-state index in [4.69, 9.17) is 9.84 Å². The van der Waals surface area contributed by atoms with E-state index in [1.807, 2.05) is 80.1 Å². The van der Waals surface area contributed by atoms with Gasteiger partial charge < -0.3 is 20.3 Å². The largest absolute Gasteiger partial charge is 0.497 e. The molecule has 0 aliphatic carbocycles. The molecule has 2 heterocycles. The van der Waals surface area contributed by atoms with Crippen LogP contribution in [0.2, 0.25) is 0 Å². The lowest BCUT2D eigenvalue weighted by Gasteiger charge is -2.33. The summed E-state index contributed by atoms with van der Waals surface area (Å²) in [6.45, 7) is 7.03. The van der Waals surface area contributed by atoms with Crippen molar-refractivity contribution in [3.63, 3.8) is 0 Å². The van der Waals surface area contributed by atoms with E-state index < -0.39 is 0 Å². The summed E-state index contributed by atoms with van der Waals surface area (Å²) in [5, 5.41) is 10.9. The van der Waals surface area contributed by atoms with E-state index in [9.17, 15) is 9.59 Å². The molecule has 2 N–H and O–H groups in total. The van der Waals surface area contributed by atoms with E-state index >= 15 is 0 Å². The number of rotatable bonds is 7. The molecule has 0 unspecified atom stereocenters. The number of para-hydroxylation sites is 1. The van der Waals surface area contributed by atoms with Gasteiger partial charge in [0.15, 0.2) is 5.82 Å². The highest BCUT2D eigenvalue weighted by molar-refractivity contribution is 5.96. The Kier molecular flexibility index (Phi) is 7.39. The van der Waals surface area contributed by atoms with Crippen molar-refractivity contribution in [3.8, 4) is 11.4 Å². The molecule has 0 bridgehead atoms. The Morgan fingerprint density at radius 1 is 1.00 bits per heavy atom. The molecule has 1 aliphatic rings. The van der Waals surface area contributed by atoms with Crippen LogP contribution in [0.3, 0.4) is 0 Å². The number of methoxy groups -OCH3 is 1. The van der Waals surface area contributed by atoms with Gasteiger partial charge in [0.25, 0.3) is 0 Å². The third-order valence-corrected chi connectivity index (χ3v) is 6.33. The number of benzene rings is 2. The molecule has 8 nitrogen and oxygen atoms in total. The SMILES string of the molecule is COc1ccc(NC(=O)C2CCN(c3c(NC(=O)C(C)C)c(C)nn3-c3ccccc3)CC2)cc1. The molecular weight excluding hydrogens is 442 g/mol. The molecule has 0 saturated carbocycles. The van der Waals surface area contributed by atoms with Crippen LogP contribution in [0.25, 0.3) is 5.69 Å². The lowest BCUT2D eigenvalue weighted by molar-refractivity contribution is -0.120. The van der Waals surface area contributed by atoms with E-state index in [0.29, 0.717) is 25.9 Å². The Labute approximate surface area is 206 Å². The Hall–Kier alpha value is -3.81. The molecule has 35 heavy (non-hydrogen) atoms. The highest BCUT2D eigenvalue weighted by Crippen LogP contribution is 2.35. The first kappa shape index (κ1) is 24.3. The van der Waals surface area contributed by atoms with Crippen LogP contribution in [-0.4, -0.2) is 41.8 Å². The summed E-state index contributed by atoms with van der Waals surface area (Å²) in [5.41, 5.74) is 3.18. The highest BCUT2D eigenvalue weighted by atomic mass is 16.5. The minimum Gasteiger partial charge on any atom is -0.497 e. The van der Waals surface area contributed by atoms with Crippen molar-refractivity contribution in [1.82, 2.24) is 9.78 Å².